The second kappa shape index (κ2) is 7.53. The van der Waals surface area contributed by atoms with Crippen molar-refractivity contribution in [1.29, 1.82) is 0 Å². The van der Waals surface area contributed by atoms with Crippen LogP contribution in [-0.4, -0.2) is 34.3 Å². The summed E-state index contributed by atoms with van der Waals surface area (Å²) in [6, 6.07) is 14.2. The number of carbonyl (C=O) groups is 1. The minimum absolute atomic E-state index is 0.164. The lowest BCUT2D eigenvalue weighted by atomic mass is 10.1. The zero-order valence-corrected chi connectivity index (χ0v) is 14.8. The number of H-pyrrole nitrogens is 1. The Morgan fingerprint density at radius 3 is 2.80 bits per heavy atom. The van der Waals surface area contributed by atoms with Crippen molar-refractivity contribution in [1.82, 2.24) is 15.1 Å². The van der Waals surface area contributed by atoms with Crippen LogP contribution in [0.2, 0.25) is 0 Å². The third kappa shape index (κ3) is 3.91. The summed E-state index contributed by atoms with van der Waals surface area (Å²) >= 11 is 1.66. The third-order valence-electron chi connectivity index (χ3n) is 3.88. The number of thioether (sulfide) groups is 1. The maximum absolute atomic E-state index is 13.5. The molecule has 0 saturated carbocycles. The molecule has 1 amide bonds. The van der Waals surface area contributed by atoms with Crippen molar-refractivity contribution >= 4 is 17.7 Å². The molecule has 0 spiro atoms. The summed E-state index contributed by atoms with van der Waals surface area (Å²) in [5.74, 6) is -0.518. The summed E-state index contributed by atoms with van der Waals surface area (Å²) < 4.78 is 13.5. The zero-order valence-electron chi connectivity index (χ0n) is 14.0. The third-order valence-corrected chi connectivity index (χ3v) is 4.61. The molecule has 0 unspecified atom stereocenters. The quantitative estimate of drug-likeness (QED) is 0.698. The van der Waals surface area contributed by atoms with Crippen LogP contribution in [0, 0.1) is 5.82 Å². The maximum Gasteiger partial charge on any atom is 0.257 e. The fourth-order valence-corrected chi connectivity index (χ4v) is 3.12. The molecular weight excluding hydrogens is 337 g/mol. The van der Waals surface area contributed by atoms with E-state index in [1.54, 1.807) is 35.8 Å². The Balaban J connectivity index is 1.82. The summed E-state index contributed by atoms with van der Waals surface area (Å²) in [4.78, 5) is 15.6. The number of benzene rings is 2. The minimum Gasteiger partial charge on any atom is -0.337 e. The van der Waals surface area contributed by atoms with E-state index in [4.69, 9.17) is 0 Å². The Bertz CT molecular complexity index is 894. The molecule has 0 bridgehead atoms. The highest BCUT2D eigenvalue weighted by Crippen LogP contribution is 2.23. The molecule has 25 heavy (non-hydrogen) atoms. The molecule has 1 N–H and O–H groups in total. The standard InChI is InChI=1S/C19H18FN3OS/c1-23(12-13-5-3-8-16(9-13)25-2)19(24)17-11-21-22-18(17)14-6-4-7-15(20)10-14/h3-11H,12H2,1-2H3,(H,21,22). The van der Waals surface area contributed by atoms with E-state index in [1.807, 2.05) is 24.5 Å². The van der Waals surface area contributed by atoms with Crippen molar-refractivity contribution in [3.05, 3.63) is 71.7 Å². The van der Waals surface area contributed by atoms with Gasteiger partial charge in [0.1, 0.15) is 5.82 Å². The van der Waals surface area contributed by atoms with Gasteiger partial charge >= 0.3 is 0 Å². The fourth-order valence-electron chi connectivity index (χ4n) is 2.63. The molecule has 0 fully saturated rings. The van der Waals surface area contributed by atoms with Gasteiger partial charge < -0.3 is 4.90 Å². The van der Waals surface area contributed by atoms with Crippen molar-refractivity contribution in [2.24, 2.45) is 0 Å². The highest BCUT2D eigenvalue weighted by atomic mass is 32.2. The van der Waals surface area contributed by atoms with Crippen molar-refractivity contribution in [2.75, 3.05) is 13.3 Å². The fraction of sp³-hybridized carbons (Fsp3) is 0.158. The number of hydrogen-bond acceptors (Lipinski definition) is 3. The molecular formula is C19H18FN3OS. The molecule has 3 aromatic rings. The number of halogens is 1. The molecule has 1 aromatic heterocycles. The summed E-state index contributed by atoms with van der Waals surface area (Å²) in [5, 5.41) is 6.77. The van der Waals surface area contributed by atoms with Crippen molar-refractivity contribution in [2.45, 2.75) is 11.4 Å². The smallest absolute Gasteiger partial charge is 0.257 e. The van der Waals surface area contributed by atoms with Crippen LogP contribution in [0.5, 0.6) is 0 Å². The Morgan fingerprint density at radius 2 is 2.04 bits per heavy atom. The molecule has 0 aliphatic carbocycles. The molecule has 1 heterocycles. The Kier molecular flexibility index (Phi) is 5.19. The van der Waals surface area contributed by atoms with Crippen LogP contribution in [0.3, 0.4) is 0 Å². The molecule has 0 aliphatic rings. The first kappa shape index (κ1) is 17.2. The average Bonchev–Trinajstić information content (AvgIpc) is 3.11. The number of nitrogens with zero attached hydrogens (tertiary/aromatic N) is 2. The Hall–Kier alpha value is -2.60. The van der Waals surface area contributed by atoms with Crippen LogP contribution < -0.4 is 0 Å². The second-order valence-corrected chi connectivity index (χ2v) is 6.56. The van der Waals surface area contributed by atoms with E-state index in [0.29, 0.717) is 23.4 Å². The number of carbonyl (C=O) groups excluding carboxylic acids is 1. The number of amides is 1. The van der Waals surface area contributed by atoms with Gasteiger partial charge in [-0.25, -0.2) is 4.39 Å². The molecule has 0 saturated heterocycles. The van der Waals surface area contributed by atoms with Gasteiger partial charge in [-0.05, 0) is 36.1 Å². The molecule has 2 aromatic carbocycles. The van der Waals surface area contributed by atoms with E-state index in [1.165, 1.54) is 18.3 Å². The van der Waals surface area contributed by atoms with Gasteiger partial charge in [0.15, 0.2) is 0 Å². The molecule has 128 valence electrons. The highest BCUT2D eigenvalue weighted by molar-refractivity contribution is 7.98. The van der Waals surface area contributed by atoms with Crippen LogP contribution in [0.4, 0.5) is 4.39 Å². The van der Waals surface area contributed by atoms with Crippen LogP contribution in [0.1, 0.15) is 15.9 Å². The number of aromatic amines is 1. The normalized spacial score (nSPS) is 10.7. The van der Waals surface area contributed by atoms with Gasteiger partial charge in [0.25, 0.3) is 5.91 Å². The number of aromatic nitrogens is 2. The van der Waals surface area contributed by atoms with Gasteiger partial charge in [-0.15, -0.1) is 11.8 Å². The molecule has 0 aliphatic heterocycles. The molecule has 6 heteroatoms. The molecule has 4 nitrogen and oxygen atoms in total. The predicted octanol–water partition coefficient (Wildman–Crippen LogP) is 4.21. The van der Waals surface area contributed by atoms with Gasteiger partial charge in [-0.1, -0.05) is 24.3 Å². The van der Waals surface area contributed by atoms with Crippen LogP contribution in [0.25, 0.3) is 11.3 Å². The monoisotopic (exact) mass is 355 g/mol. The van der Waals surface area contributed by atoms with Crippen molar-refractivity contribution in [3.8, 4) is 11.3 Å². The lowest BCUT2D eigenvalue weighted by Gasteiger charge is -2.17. The van der Waals surface area contributed by atoms with Gasteiger partial charge in [0.2, 0.25) is 0 Å². The first-order chi connectivity index (χ1) is 12.1. The summed E-state index contributed by atoms with van der Waals surface area (Å²) in [6.45, 7) is 0.487. The van der Waals surface area contributed by atoms with Crippen LogP contribution >= 0.6 is 11.8 Å². The second-order valence-electron chi connectivity index (χ2n) is 5.68. The van der Waals surface area contributed by atoms with E-state index < -0.39 is 0 Å². The molecule has 0 atom stereocenters. The van der Waals surface area contributed by atoms with Gasteiger partial charge in [0.05, 0.1) is 17.5 Å². The number of hydrogen-bond donors (Lipinski definition) is 1. The van der Waals surface area contributed by atoms with Crippen molar-refractivity contribution < 1.29 is 9.18 Å². The van der Waals surface area contributed by atoms with E-state index in [0.717, 1.165) is 10.5 Å². The lowest BCUT2D eigenvalue weighted by molar-refractivity contribution is 0.0786. The van der Waals surface area contributed by atoms with Gasteiger partial charge in [-0.3, -0.25) is 9.89 Å². The number of rotatable bonds is 5. The molecule has 0 radical (unpaired) electrons. The Morgan fingerprint density at radius 1 is 1.24 bits per heavy atom. The van der Waals surface area contributed by atoms with Gasteiger partial charge in [-0.2, -0.15) is 5.10 Å². The topological polar surface area (TPSA) is 49.0 Å². The minimum atomic E-state index is -0.354. The SMILES string of the molecule is CSc1cccc(CN(C)C(=O)c2cn[nH]c2-c2cccc(F)c2)c1. The van der Waals surface area contributed by atoms with Crippen LogP contribution in [-0.2, 0) is 6.54 Å². The van der Waals surface area contributed by atoms with Crippen molar-refractivity contribution in [3.63, 3.8) is 0 Å². The summed E-state index contributed by atoms with van der Waals surface area (Å²) in [5.41, 5.74) is 2.60. The lowest BCUT2D eigenvalue weighted by Crippen LogP contribution is -2.26. The van der Waals surface area contributed by atoms with E-state index in [2.05, 4.69) is 16.3 Å². The van der Waals surface area contributed by atoms with Gasteiger partial charge in [0, 0.05) is 24.1 Å². The molecule has 3 rings (SSSR count). The van der Waals surface area contributed by atoms with E-state index in [9.17, 15) is 9.18 Å². The first-order valence-corrected chi connectivity index (χ1v) is 8.98. The van der Waals surface area contributed by atoms with E-state index in [-0.39, 0.29) is 11.7 Å². The largest absolute Gasteiger partial charge is 0.337 e. The number of nitrogens with one attached hydrogen (secondary N) is 1. The summed E-state index contributed by atoms with van der Waals surface area (Å²) in [7, 11) is 1.75. The zero-order chi connectivity index (χ0) is 17.8. The summed E-state index contributed by atoms with van der Waals surface area (Å²) in [6.07, 6.45) is 3.50. The van der Waals surface area contributed by atoms with Crippen LogP contribution in [0.15, 0.2) is 59.6 Å². The Labute approximate surface area is 150 Å². The maximum atomic E-state index is 13.5. The van der Waals surface area contributed by atoms with E-state index >= 15 is 0 Å². The first-order valence-electron chi connectivity index (χ1n) is 7.76. The average molecular weight is 355 g/mol. The highest BCUT2D eigenvalue weighted by Gasteiger charge is 2.19. The predicted molar refractivity (Wildman–Crippen MR) is 98.0 cm³/mol.